The molecular weight excluding hydrogens is 617 g/mol. The van der Waals surface area contributed by atoms with Gasteiger partial charge in [0.25, 0.3) is 0 Å². The molecule has 0 spiro atoms. The van der Waals surface area contributed by atoms with E-state index in [4.69, 9.17) is 34.8 Å². The molecule has 42 heavy (non-hydrogen) atoms. The molecule has 0 radical (unpaired) electrons. The molecule has 3 aromatic carbocycles. The van der Waals surface area contributed by atoms with Crippen LogP contribution in [0.15, 0.2) is 66.7 Å². The molecule has 1 N–H and O–H groups in total. The number of carbonyl (C=O) groups is 2. The molecule has 0 aromatic heterocycles. The zero-order valence-corrected chi connectivity index (χ0v) is 26.6. The van der Waals surface area contributed by atoms with Crippen LogP contribution in [0.4, 0.5) is 5.69 Å². The Balaban J connectivity index is 1.77. The number of sulfonamides is 1. The van der Waals surface area contributed by atoms with E-state index in [0.717, 1.165) is 41.8 Å². The van der Waals surface area contributed by atoms with Crippen LogP contribution in [0.25, 0.3) is 0 Å². The van der Waals surface area contributed by atoms with Crippen molar-refractivity contribution in [2.45, 2.75) is 57.7 Å². The molecular formula is C31H34Cl3N3O4S. The van der Waals surface area contributed by atoms with Crippen LogP contribution in [0, 0.1) is 6.92 Å². The maximum Gasteiger partial charge on any atom is 0.244 e. The molecule has 2 amide bonds. The maximum absolute atomic E-state index is 14.3. The number of amides is 2. The average molecular weight is 651 g/mol. The van der Waals surface area contributed by atoms with Gasteiger partial charge in [0.2, 0.25) is 21.8 Å². The minimum atomic E-state index is -3.91. The summed E-state index contributed by atoms with van der Waals surface area (Å²) in [6, 6.07) is 18.3. The van der Waals surface area contributed by atoms with Crippen molar-refractivity contribution in [1.29, 1.82) is 0 Å². The first-order valence-corrected chi connectivity index (χ1v) is 16.7. The lowest BCUT2D eigenvalue weighted by Crippen LogP contribution is -2.54. The van der Waals surface area contributed by atoms with E-state index in [-0.39, 0.29) is 30.6 Å². The number of carbonyl (C=O) groups excluding carboxylic acids is 2. The second kappa shape index (κ2) is 14.1. The number of rotatable bonds is 11. The fourth-order valence-electron chi connectivity index (χ4n) is 5.22. The number of hydrogen-bond donors (Lipinski definition) is 1. The zero-order valence-electron chi connectivity index (χ0n) is 23.5. The molecule has 0 heterocycles. The monoisotopic (exact) mass is 649 g/mol. The minimum absolute atomic E-state index is 0.0217. The molecule has 3 aromatic rings. The highest BCUT2D eigenvalue weighted by Crippen LogP contribution is 2.29. The largest absolute Gasteiger partial charge is 0.352 e. The van der Waals surface area contributed by atoms with Crippen molar-refractivity contribution in [3.63, 3.8) is 0 Å². The smallest absolute Gasteiger partial charge is 0.244 e. The van der Waals surface area contributed by atoms with E-state index >= 15 is 0 Å². The summed E-state index contributed by atoms with van der Waals surface area (Å²) in [5, 5.41) is 4.28. The quantitative estimate of drug-likeness (QED) is 0.260. The van der Waals surface area contributed by atoms with Gasteiger partial charge in [-0.2, -0.15) is 0 Å². The molecule has 0 saturated heterocycles. The van der Waals surface area contributed by atoms with Crippen molar-refractivity contribution in [2.75, 3.05) is 17.1 Å². The number of benzene rings is 3. The average Bonchev–Trinajstić information content (AvgIpc) is 3.45. The predicted molar refractivity (Wildman–Crippen MR) is 170 cm³/mol. The van der Waals surface area contributed by atoms with Gasteiger partial charge < -0.3 is 10.2 Å². The highest BCUT2D eigenvalue weighted by atomic mass is 35.5. The van der Waals surface area contributed by atoms with Crippen molar-refractivity contribution in [3.8, 4) is 0 Å². The molecule has 7 nitrogen and oxygen atoms in total. The topological polar surface area (TPSA) is 86.8 Å². The molecule has 4 rings (SSSR count). The van der Waals surface area contributed by atoms with Crippen LogP contribution in [0.3, 0.4) is 0 Å². The first kappa shape index (κ1) is 32.1. The number of hydrogen-bond acceptors (Lipinski definition) is 4. The molecule has 224 valence electrons. The molecule has 1 aliphatic rings. The molecule has 11 heteroatoms. The first-order chi connectivity index (χ1) is 19.9. The van der Waals surface area contributed by atoms with Crippen LogP contribution < -0.4 is 9.62 Å². The Morgan fingerprint density at radius 1 is 0.952 bits per heavy atom. The normalized spacial score (nSPS) is 14.4. The van der Waals surface area contributed by atoms with Crippen molar-refractivity contribution in [2.24, 2.45) is 0 Å². The van der Waals surface area contributed by atoms with E-state index in [9.17, 15) is 18.0 Å². The summed E-state index contributed by atoms with van der Waals surface area (Å²) in [4.78, 5) is 29.6. The summed E-state index contributed by atoms with van der Waals surface area (Å²) in [6.45, 7) is 1.13. The Hall–Kier alpha value is -2.78. The summed E-state index contributed by atoms with van der Waals surface area (Å²) >= 11 is 19.0. The molecule has 1 fully saturated rings. The first-order valence-electron chi connectivity index (χ1n) is 13.7. The van der Waals surface area contributed by atoms with Gasteiger partial charge in [-0.05, 0) is 60.7 Å². The Labute approximate surface area is 262 Å². The van der Waals surface area contributed by atoms with Gasteiger partial charge in [0.15, 0.2) is 0 Å². The molecule has 1 aliphatic carbocycles. The number of anilines is 1. The van der Waals surface area contributed by atoms with Crippen LogP contribution in [-0.2, 0) is 32.6 Å². The van der Waals surface area contributed by atoms with Gasteiger partial charge >= 0.3 is 0 Å². The van der Waals surface area contributed by atoms with Gasteiger partial charge in [0, 0.05) is 34.1 Å². The van der Waals surface area contributed by atoms with Crippen molar-refractivity contribution in [1.82, 2.24) is 10.2 Å². The van der Waals surface area contributed by atoms with E-state index in [1.165, 1.54) is 4.90 Å². The Bertz CT molecular complexity index is 1530. The molecule has 1 atom stereocenters. The lowest BCUT2D eigenvalue weighted by molar-refractivity contribution is -0.140. The van der Waals surface area contributed by atoms with Crippen LogP contribution in [0.5, 0.6) is 0 Å². The lowest BCUT2D eigenvalue weighted by atomic mass is 10.0. The number of halogens is 3. The Kier molecular flexibility index (Phi) is 10.8. The standard InChI is InChI=1S/C31H34Cl3N3O4S/c1-21-26(33)13-8-14-28(21)37(42(2,40)41)20-30(38)36(19-23-15-16-24(32)18-27(23)34)29(17-22-9-4-3-5-10-22)31(39)35-25-11-6-7-12-25/h3-5,8-10,13-16,18,25,29H,6-7,11-12,17,19-20H2,1-2H3,(H,35,39). The van der Waals surface area contributed by atoms with E-state index in [0.29, 0.717) is 26.2 Å². The third-order valence-electron chi connectivity index (χ3n) is 7.52. The van der Waals surface area contributed by atoms with Gasteiger partial charge in [-0.25, -0.2) is 8.42 Å². The summed E-state index contributed by atoms with van der Waals surface area (Å²) in [5.74, 6) is -0.859. The van der Waals surface area contributed by atoms with Gasteiger partial charge in [0.1, 0.15) is 12.6 Å². The van der Waals surface area contributed by atoms with Crippen molar-refractivity contribution < 1.29 is 18.0 Å². The van der Waals surface area contributed by atoms with Crippen LogP contribution in [-0.4, -0.2) is 50.0 Å². The second-order valence-corrected chi connectivity index (χ2v) is 13.8. The SMILES string of the molecule is Cc1c(Cl)cccc1N(CC(=O)N(Cc1ccc(Cl)cc1Cl)C(Cc1ccccc1)C(=O)NC1CCCC1)S(C)(=O)=O. The number of nitrogens with zero attached hydrogens (tertiary/aromatic N) is 2. The highest BCUT2D eigenvalue weighted by Gasteiger charge is 2.35. The number of nitrogens with one attached hydrogen (secondary N) is 1. The highest BCUT2D eigenvalue weighted by molar-refractivity contribution is 7.92. The lowest BCUT2D eigenvalue weighted by Gasteiger charge is -2.34. The van der Waals surface area contributed by atoms with Crippen LogP contribution in [0.1, 0.15) is 42.4 Å². The van der Waals surface area contributed by atoms with Gasteiger partial charge in [-0.15, -0.1) is 0 Å². The summed E-state index contributed by atoms with van der Waals surface area (Å²) in [7, 11) is -3.91. The third-order valence-corrected chi connectivity index (χ3v) is 9.64. The summed E-state index contributed by atoms with van der Waals surface area (Å²) < 4.78 is 27.1. The maximum atomic E-state index is 14.3. The predicted octanol–water partition coefficient (Wildman–Crippen LogP) is 6.42. The fraction of sp³-hybridized carbons (Fsp3) is 0.355. The molecule has 0 aliphatic heterocycles. The van der Waals surface area contributed by atoms with E-state index in [1.807, 2.05) is 30.3 Å². The van der Waals surface area contributed by atoms with Crippen LogP contribution in [0.2, 0.25) is 15.1 Å². The van der Waals surface area contributed by atoms with Gasteiger partial charge in [-0.3, -0.25) is 13.9 Å². The minimum Gasteiger partial charge on any atom is -0.352 e. The second-order valence-electron chi connectivity index (χ2n) is 10.6. The third kappa shape index (κ3) is 8.19. The molecule has 1 saturated carbocycles. The van der Waals surface area contributed by atoms with E-state index < -0.39 is 28.5 Å². The summed E-state index contributed by atoms with van der Waals surface area (Å²) in [6.07, 6.45) is 5.06. The van der Waals surface area contributed by atoms with Crippen LogP contribution >= 0.6 is 34.8 Å². The Morgan fingerprint density at radius 3 is 2.29 bits per heavy atom. The fourth-order valence-corrected chi connectivity index (χ4v) is 6.75. The molecule has 0 bridgehead atoms. The van der Waals surface area contributed by atoms with E-state index in [1.54, 1.807) is 43.3 Å². The van der Waals surface area contributed by atoms with Gasteiger partial charge in [0.05, 0.1) is 11.9 Å². The molecule has 1 unspecified atom stereocenters. The van der Waals surface area contributed by atoms with Gasteiger partial charge in [-0.1, -0.05) is 90.1 Å². The van der Waals surface area contributed by atoms with Crippen molar-refractivity contribution in [3.05, 3.63) is 98.5 Å². The van der Waals surface area contributed by atoms with Crippen molar-refractivity contribution >= 4 is 62.3 Å². The zero-order chi connectivity index (χ0) is 30.4. The Morgan fingerprint density at radius 2 is 1.64 bits per heavy atom. The van der Waals surface area contributed by atoms with E-state index in [2.05, 4.69) is 5.32 Å². The summed E-state index contributed by atoms with van der Waals surface area (Å²) in [5.41, 5.74) is 2.24.